The Morgan fingerprint density at radius 1 is 1.47 bits per heavy atom. The summed E-state index contributed by atoms with van der Waals surface area (Å²) in [7, 11) is 0. The molecule has 5 nitrogen and oxygen atoms in total. The van der Waals surface area contributed by atoms with Crippen LogP contribution in [0.15, 0.2) is 18.2 Å². The molecule has 0 atom stereocenters. The second-order valence-electron chi connectivity index (χ2n) is 4.66. The highest BCUT2D eigenvalue weighted by Gasteiger charge is 2.20. The van der Waals surface area contributed by atoms with E-state index in [0.29, 0.717) is 24.6 Å². The molecule has 0 bridgehead atoms. The van der Waals surface area contributed by atoms with Crippen LogP contribution in [0.2, 0.25) is 5.02 Å². The van der Waals surface area contributed by atoms with Gasteiger partial charge in [0, 0.05) is 24.7 Å². The van der Waals surface area contributed by atoms with Crippen LogP contribution in [-0.2, 0) is 0 Å². The van der Waals surface area contributed by atoms with Crippen molar-refractivity contribution in [3.8, 4) is 0 Å². The molecule has 0 unspecified atom stereocenters. The van der Waals surface area contributed by atoms with E-state index in [9.17, 15) is 14.9 Å². The van der Waals surface area contributed by atoms with E-state index in [1.165, 1.54) is 18.2 Å². The molecule has 0 N–H and O–H groups in total. The summed E-state index contributed by atoms with van der Waals surface area (Å²) in [6.07, 6.45) is 0. The number of benzene rings is 1. The van der Waals surface area contributed by atoms with Crippen molar-refractivity contribution < 1.29 is 9.72 Å². The molecule has 0 saturated carbocycles. The fourth-order valence-electron chi connectivity index (χ4n) is 1.76. The topological polar surface area (TPSA) is 63.5 Å². The number of carbonyl (C=O) groups excluding carboxylic acids is 1. The van der Waals surface area contributed by atoms with Crippen LogP contribution in [0, 0.1) is 16.0 Å². The lowest BCUT2D eigenvalue weighted by Gasteiger charge is -2.22. The zero-order valence-electron chi connectivity index (χ0n) is 11.2. The van der Waals surface area contributed by atoms with E-state index in [2.05, 4.69) is 0 Å². The SMILES string of the molecule is CCN(CC(C)C)C(=O)c1ccc(Cl)c([N+](=O)[O-])c1. The highest BCUT2D eigenvalue weighted by molar-refractivity contribution is 6.32. The van der Waals surface area contributed by atoms with Crippen molar-refractivity contribution in [3.63, 3.8) is 0 Å². The molecule has 1 aromatic rings. The molecule has 1 amide bonds. The van der Waals surface area contributed by atoms with Gasteiger partial charge in [-0.05, 0) is 25.0 Å². The molecule has 0 heterocycles. The van der Waals surface area contributed by atoms with Gasteiger partial charge in [-0.15, -0.1) is 0 Å². The lowest BCUT2D eigenvalue weighted by atomic mass is 10.1. The van der Waals surface area contributed by atoms with Gasteiger partial charge in [-0.1, -0.05) is 25.4 Å². The summed E-state index contributed by atoms with van der Waals surface area (Å²) in [5.74, 6) is 0.127. The van der Waals surface area contributed by atoms with Crippen LogP contribution < -0.4 is 0 Å². The molecule has 0 aliphatic rings. The van der Waals surface area contributed by atoms with Crippen LogP contribution in [0.1, 0.15) is 31.1 Å². The quantitative estimate of drug-likeness (QED) is 0.615. The first kappa shape index (κ1) is 15.4. The van der Waals surface area contributed by atoms with E-state index in [1.54, 1.807) is 4.90 Å². The Hall–Kier alpha value is -1.62. The Kier molecular flexibility index (Phi) is 5.30. The number of halogens is 1. The summed E-state index contributed by atoms with van der Waals surface area (Å²) >= 11 is 5.73. The standard InChI is InChI=1S/C13H17ClN2O3/c1-4-15(8-9(2)3)13(17)10-5-6-11(14)12(7-10)16(18)19/h5-7,9H,4,8H2,1-3H3. The molecule has 1 rings (SSSR count). The first-order valence-corrected chi connectivity index (χ1v) is 6.47. The summed E-state index contributed by atoms with van der Waals surface area (Å²) in [4.78, 5) is 24.1. The van der Waals surface area contributed by atoms with Gasteiger partial charge in [-0.2, -0.15) is 0 Å². The van der Waals surface area contributed by atoms with Gasteiger partial charge in [0.05, 0.1) is 4.92 Å². The summed E-state index contributed by atoms with van der Waals surface area (Å²) in [5, 5.41) is 10.8. The smallest absolute Gasteiger partial charge is 0.288 e. The third-order valence-electron chi connectivity index (χ3n) is 2.64. The zero-order valence-corrected chi connectivity index (χ0v) is 12.0. The van der Waals surface area contributed by atoms with E-state index < -0.39 is 4.92 Å². The average Bonchev–Trinajstić information content (AvgIpc) is 2.35. The Morgan fingerprint density at radius 2 is 2.11 bits per heavy atom. The maximum Gasteiger partial charge on any atom is 0.288 e. The number of nitrogens with zero attached hydrogens (tertiary/aromatic N) is 2. The number of nitro groups is 1. The van der Waals surface area contributed by atoms with Gasteiger partial charge < -0.3 is 4.90 Å². The molecule has 6 heteroatoms. The number of rotatable bonds is 5. The molecule has 0 radical (unpaired) electrons. The minimum absolute atomic E-state index is 0.0356. The van der Waals surface area contributed by atoms with Gasteiger partial charge >= 0.3 is 0 Å². The molecule has 0 aromatic heterocycles. The fourth-order valence-corrected chi connectivity index (χ4v) is 1.95. The largest absolute Gasteiger partial charge is 0.339 e. The Labute approximate surface area is 117 Å². The highest BCUT2D eigenvalue weighted by Crippen LogP contribution is 2.25. The Bertz CT molecular complexity index is 489. The lowest BCUT2D eigenvalue weighted by molar-refractivity contribution is -0.384. The molecule has 0 aliphatic heterocycles. The molecule has 0 aliphatic carbocycles. The molecular formula is C13H17ClN2O3. The van der Waals surface area contributed by atoms with E-state index in [1.807, 2.05) is 20.8 Å². The number of nitro benzene ring substituents is 1. The second-order valence-corrected chi connectivity index (χ2v) is 5.07. The minimum atomic E-state index is -0.585. The van der Waals surface area contributed by atoms with Crippen molar-refractivity contribution in [2.75, 3.05) is 13.1 Å². The average molecular weight is 285 g/mol. The number of amides is 1. The summed E-state index contributed by atoms with van der Waals surface area (Å²) < 4.78 is 0. The first-order chi connectivity index (χ1) is 8.86. The predicted molar refractivity (Wildman–Crippen MR) is 74.5 cm³/mol. The molecule has 0 fully saturated rings. The Balaban J connectivity index is 3.05. The van der Waals surface area contributed by atoms with E-state index >= 15 is 0 Å². The summed E-state index contributed by atoms with van der Waals surface area (Å²) in [6.45, 7) is 7.09. The van der Waals surface area contributed by atoms with Crippen LogP contribution in [0.25, 0.3) is 0 Å². The van der Waals surface area contributed by atoms with Gasteiger partial charge in [0.1, 0.15) is 5.02 Å². The van der Waals surface area contributed by atoms with Crippen LogP contribution in [0.3, 0.4) is 0 Å². The third-order valence-corrected chi connectivity index (χ3v) is 2.96. The molecule has 104 valence electrons. The molecule has 0 spiro atoms. The van der Waals surface area contributed by atoms with Crippen LogP contribution in [-0.4, -0.2) is 28.8 Å². The second kappa shape index (κ2) is 6.52. The van der Waals surface area contributed by atoms with Crippen molar-refractivity contribution in [2.24, 2.45) is 5.92 Å². The minimum Gasteiger partial charge on any atom is -0.339 e. The van der Waals surface area contributed by atoms with Crippen LogP contribution in [0.4, 0.5) is 5.69 Å². The normalized spacial score (nSPS) is 10.6. The monoisotopic (exact) mass is 284 g/mol. The molecule has 19 heavy (non-hydrogen) atoms. The van der Waals surface area contributed by atoms with E-state index in [4.69, 9.17) is 11.6 Å². The van der Waals surface area contributed by atoms with Crippen molar-refractivity contribution in [1.29, 1.82) is 0 Å². The maximum atomic E-state index is 12.3. The third kappa shape index (κ3) is 3.92. The highest BCUT2D eigenvalue weighted by atomic mass is 35.5. The van der Waals surface area contributed by atoms with Crippen molar-refractivity contribution in [1.82, 2.24) is 4.90 Å². The van der Waals surface area contributed by atoms with Gasteiger partial charge in [0.25, 0.3) is 11.6 Å². The van der Waals surface area contributed by atoms with E-state index in [0.717, 1.165) is 0 Å². The zero-order chi connectivity index (χ0) is 14.6. The molecule has 0 saturated heterocycles. The fraction of sp³-hybridized carbons (Fsp3) is 0.462. The van der Waals surface area contributed by atoms with Crippen LogP contribution >= 0.6 is 11.6 Å². The van der Waals surface area contributed by atoms with Crippen LogP contribution in [0.5, 0.6) is 0 Å². The van der Waals surface area contributed by atoms with Gasteiger partial charge in [-0.3, -0.25) is 14.9 Å². The van der Waals surface area contributed by atoms with Crippen molar-refractivity contribution in [2.45, 2.75) is 20.8 Å². The van der Waals surface area contributed by atoms with Gasteiger partial charge in [0.2, 0.25) is 0 Å². The van der Waals surface area contributed by atoms with Gasteiger partial charge in [0.15, 0.2) is 0 Å². The van der Waals surface area contributed by atoms with Crippen molar-refractivity contribution >= 4 is 23.2 Å². The number of hydrogen-bond donors (Lipinski definition) is 0. The number of hydrogen-bond acceptors (Lipinski definition) is 3. The summed E-state index contributed by atoms with van der Waals surface area (Å²) in [6, 6.07) is 4.13. The summed E-state index contributed by atoms with van der Waals surface area (Å²) in [5.41, 5.74) is 0.0479. The van der Waals surface area contributed by atoms with Crippen molar-refractivity contribution in [3.05, 3.63) is 38.9 Å². The predicted octanol–water partition coefficient (Wildman–Crippen LogP) is 3.37. The lowest BCUT2D eigenvalue weighted by Crippen LogP contribution is -2.34. The number of carbonyl (C=O) groups is 1. The Morgan fingerprint density at radius 3 is 2.58 bits per heavy atom. The van der Waals surface area contributed by atoms with E-state index in [-0.39, 0.29) is 16.6 Å². The van der Waals surface area contributed by atoms with Gasteiger partial charge in [-0.25, -0.2) is 0 Å². The molecule has 1 aromatic carbocycles. The molecular weight excluding hydrogens is 268 g/mol. The maximum absolute atomic E-state index is 12.3. The first-order valence-electron chi connectivity index (χ1n) is 6.10.